The number of rotatable bonds is 4. The fraction of sp³-hybridized carbons (Fsp3) is 0.667. The van der Waals surface area contributed by atoms with Crippen LogP contribution in [0.4, 0.5) is 4.79 Å². The number of amides is 2. The molecule has 1 aliphatic carbocycles. The van der Waals surface area contributed by atoms with Crippen molar-refractivity contribution in [1.29, 1.82) is 0 Å². The summed E-state index contributed by atoms with van der Waals surface area (Å²) in [4.78, 5) is 22.4. The lowest BCUT2D eigenvalue weighted by atomic mass is 9.74. The first kappa shape index (κ1) is 13.4. The van der Waals surface area contributed by atoms with Gasteiger partial charge in [0.15, 0.2) is 0 Å². The highest BCUT2D eigenvalue weighted by Crippen LogP contribution is 2.34. The van der Waals surface area contributed by atoms with E-state index in [2.05, 4.69) is 16.6 Å². The molecule has 3 N–H and O–H groups in total. The Kier molecular flexibility index (Phi) is 3.66. The molecule has 0 aromatic heterocycles. The van der Waals surface area contributed by atoms with Crippen molar-refractivity contribution in [3.05, 3.63) is 0 Å². The van der Waals surface area contributed by atoms with E-state index < -0.39 is 23.1 Å². The molecule has 1 saturated carbocycles. The van der Waals surface area contributed by atoms with Crippen LogP contribution in [-0.4, -0.2) is 28.2 Å². The van der Waals surface area contributed by atoms with Crippen LogP contribution in [0.15, 0.2) is 0 Å². The van der Waals surface area contributed by atoms with Crippen LogP contribution < -0.4 is 10.6 Å². The number of hydrogen-bond donors (Lipinski definition) is 3. The Morgan fingerprint density at radius 1 is 1.47 bits per heavy atom. The van der Waals surface area contributed by atoms with Gasteiger partial charge in [-0.3, -0.25) is 4.79 Å². The monoisotopic (exact) mass is 238 g/mol. The molecule has 1 fully saturated rings. The first-order valence-electron chi connectivity index (χ1n) is 5.58. The number of nitrogens with one attached hydrogen (secondary N) is 2. The second-order valence-corrected chi connectivity index (χ2v) is 5.05. The third-order valence-electron chi connectivity index (χ3n) is 2.97. The number of hydrogen-bond acceptors (Lipinski definition) is 2. The molecule has 0 aliphatic heterocycles. The van der Waals surface area contributed by atoms with Crippen molar-refractivity contribution in [2.24, 2.45) is 0 Å². The predicted octanol–water partition coefficient (Wildman–Crippen LogP) is 1.09. The lowest BCUT2D eigenvalue weighted by Crippen LogP contribution is -2.59. The molecule has 94 valence electrons. The second kappa shape index (κ2) is 4.66. The number of carboxylic acids is 1. The largest absolute Gasteiger partial charge is 0.481 e. The van der Waals surface area contributed by atoms with Crippen LogP contribution in [-0.2, 0) is 4.79 Å². The summed E-state index contributed by atoms with van der Waals surface area (Å²) in [5.41, 5.74) is -1.33. The molecule has 0 spiro atoms. The van der Waals surface area contributed by atoms with Crippen molar-refractivity contribution >= 4 is 12.0 Å². The quantitative estimate of drug-likeness (QED) is 0.642. The maximum absolute atomic E-state index is 11.7. The van der Waals surface area contributed by atoms with Crippen molar-refractivity contribution in [3.8, 4) is 12.3 Å². The Labute approximate surface area is 101 Å². The SMILES string of the molecule is C#CC(C)(C)NC(=O)NC1(CC(=O)O)CCC1. The van der Waals surface area contributed by atoms with E-state index >= 15 is 0 Å². The highest BCUT2D eigenvalue weighted by atomic mass is 16.4. The van der Waals surface area contributed by atoms with Crippen LogP contribution in [0.1, 0.15) is 39.5 Å². The number of carbonyl (C=O) groups excluding carboxylic acids is 1. The Morgan fingerprint density at radius 3 is 2.41 bits per heavy atom. The molecule has 0 aromatic carbocycles. The van der Waals surface area contributed by atoms with Gasteiger partial charge in [-0.2, -0.15) is 0 Å². The molecule has 5 nitrogen and oxygen atoms in total. The maximum Gasteiger partial charge on any atom is 0.316 e. The van der Waals surface area contributed by atoms with Crippen molar-refractivity contribution in [3.63, 3.8) is 0 Å². The van der Waals surface area contributed by atoms with E-state index in [0.29, 0.717) is 12.8 Å². The van der Waals surface area contributed by atoms with Gasteiger partial charge in [0.1, 0.15) is 0 Å². The molecule has 1 rings (SSSR count). The van der Waals surface area contributed by atoms with Crippen molar-refractivity contribution in [2.45, 2.75) is 50.6 Å². The summed E-state index contributed by atoms with van der Waals surface area (Å²) in [5.74, 6) is 1.54. The van der Waals surface area contributed by atoms with E-state index in [1.807, 2.05) is 0 Å². The van der Waals surface area contributed by atoms with Gasteiger partial charge in [-0.25, -0.2) is 4.79 Å². The minimum Gasteiger partial charge on any atom is -0.481 e. The van der Waals surface area contributed by atoms with E-state index in [1.165, 1.54) is 0 Å². The summed E-state index contributed by atoms with van der Waals surface area (Å²) in [6.07, 6.45) is 7.55. The predicted molar refractivity (Wildman–Crippen MR) is 63.4 cm³/mol. The lowest BCUT2D eigenvalue weighted by Gasteiger charge is -2.41. The van der Waals surface area contributed by atoms with Crippen LogP contribution in [0.5, 0.6) is 0 Å². The van der Waals surface area contributed by atoms with Crippen LogP contribution in [0.3, 0.4) is 0 Å². The molecular weight excluding hydrogens is 220 g/mol. The third kappa shape index (κ3) is 3.66. The van der Waals surface area contributed by atoms with Gasteiger partial charge in [0.25, 0.3) is 0 Å². The average Bonchev–Trinajstić information content (AvgIpc) is 2.12. The molecule has 5 heteroatoms. The first-order valence-corrected chi connectivity index (χ1v) is 5.58. The zero-order valence-corrected chi connectivity index (χ0v) is 10.2. The molecule has 0 heterocycles. The molecule has 2 amide bonds. The van der Waals surface area contributed by atoms with Gasteiger partial charge in [0.05, 0.1) is 17.5 Å². The van der Waals surface area contributed by atoms with Gasteiger partial charge in [-0.15, -0.1) is 6.42 Å². The third-order valence-corrected chi connectivity index (χ3v) is 2.97. The van der Waals surface area contributed by atoms with Crippen molar-refractivity contribution in [2.75, 3.05) is 0 Å². The molecule has 17 heavy (non-hydrogen) atoms. The van der Waals surface area contributed by atoms with Gasteiger partial charge in [0.2, 0.25) is 0 Å². The highest BCUT2D eigenvalue weighted by Gasteiger charge is 2.40. The Balaban J connectivity index is 2.55. The molecule has 0 bridgehead atoms. The minimum atomic E-state index is -0.902. The van der Waals surface area contributed by atoms with Crippen LogP contribution in [0, 0.1) is 12.3 Å². The highest BCUT2D eigenvalue weighted by molar-refractivity contribution is 5.78. The van der Waals surface area contributed by atoms with E-state index in [4.69, 9.17) is 11.5 Å². The zero-order valence-electron chi connectivity index (χ0n) is 10.2. The topological polar surface area (TPSA) is 78.4 Å². The summed E-state index contributed by atoms with van der Waals surface area (Å²) in [6.45, 7) is 3.41. The lowest BCUT2D eigenvalue weighted by molar-refractivity contribution is -0.139. The van der Waals surface area contributed by atoms with Crippen LogP contribution >= 0.6 is 0 Å². The van der Waals surface area contributed by atoms with Crippen molar-refractivity contribution in [1.82, 2.24) is 10.6 Å². The maximum atomic E-state index is 11.7. The Morgan fingerprint density at radius 2 is 2.06 bits per heavy atom. The summed E-state index contributed by atoms with van der Waals surface area (Å²) >= 11 is 0. The van der Waals surface area contributed by atoms with Crippen LogP contribution in [0.2, 0.25) is 0 Å². The smallest absolute Gasteiger partial charge is 0.316 e. The number of urea groups is 1. The minimum absolute atomic E-state index is 0.0447. The number of carbonyl (C=O) groups is 2. The number of carboxylic acid groups (broad SMARTS) is 1. The summed E-state index contributed by atoms with van der Waals surface area (Å²) < 4.78 is 0. The second-order valence-electron chi connectivity index (χ2n) is 5.05. The van der Waals surface area contributed by atoms with E-state index in [-0.39, 0.29) is 6.42 Å². The average molecular weight is 238 g/mol. The van der Waals surface area contributed by atoms with E-state index in [0.717, 1.165) is 6.42 Å². The molecular formula is C12H18N2O3. The van der Waals surface area contributed by atoms with Gasteiger partial charge in [0, 0.05) is 0 Å². The molecule has 0 atom stereocenters. The number of aliphatic carboxylic acids is 1. The fourth-order valence-electron chi connectivity index (χ4n) is 1.83. The fourth-order valence-corrected chi connectivity index (χ4v) is 1.83. The molecule has 0 unspecified atom stereocenters. The normalized spacial score (nSPS) is 17.5. The standard InChI is InChI=1S/C12H18N2O3/c1-4-11(2,3)13-10(17)14-12(6-5-7-12)8-9(15)16/h1H,5-8H2,2-3H3,(H,15,16)(H2,13,14,17). The van der Waals surface area contributed by atoms with Gasteiger partial charge in [-0.05, 0) is 33.1 Å². The van der Waals surface area contributed by atoms with Crippen molar-refractivity contribution < 1.29 is 14.7 Å². The van der Waals surface area contributed by atoms with Gasteiger partial charge < -0.3 is 15.7 Å². The zero-order chi connectivity index (χ0) is 13.1. The molecule has 1 aliphatic rings. The van der Waals surface area contributed by atoms with Gasteiger partial charge in [-0.1, -0.05) is 5.92 Å². The Hall–Kier alpha value is -1.70. The van der Waals surface area contributed by atoms with E-state index in [1.54, 1.807) is 13.8 Å². The molecule has 0 saturated heterocycles. The molecule has 0 radical (unpaired) electrons. The van der Waals surface area contributed by atoms with Gasteiger partial charge >= 0.3 is 12.0 Å². The Bertz CT molecular complexity index is 364. The van der Waals surface area contributed by atoms with Crippen LogP contribution in [0.25, 0.3) is 0 Å². The summed E-state index contributed by atoms with van der Waals surface area (Å²) in [5, 5.41) is 14.2. The first-order chi connectivity index (χ1) is 7.79. The molecule has 0 aromatic rings. The van der Waals surface area contributed by atoms with E-state index in [9.17, 15) is 9.59 Å². The summed E-state index contributed by atoms with van der Waals surface area (Å²) in [6, 6.07) is -0.408. The summed E-state index contributed by atoms with van der Waals surface area (Å²) in [7, 11) is 0. The number of terminal acetylenes is 1.